The van der Waals surface area contributed by atoms with Gasteiger partial charge in [-0.1, -0.05) is 6.92 Å². The molecule has 0 saturated heterocycles. The molecule has 2 fully saturated rings. The number of carbonyl (C=O) groups excluding carboxylic acids is 1. The van der Waals surface area contributed by atoms with Crippen molar-refractivity contribution in [3.05, 3.63) is 0 Å². The number of hydrogen-bond acceptors (Lipinski definition) is 2. The molecule has 0 aromatic rings. The number of nitrogens with one attached hydrogen (secondary N) is 1. The van der Waals surface area contributed by atoms with Gasteiger partial charge >= 0.3 is 0 Å². The van der Waals surface area contributed by atoms with Crippen LogP contribution in [0.4, 0.5) is 0 Å². The van der Waals surface area contributed by atoms with E-state index in [1.807, 2.05) is 0 Å². The predicted molar refractivity (Wildman–Crippen MR) is 53.7 cm³/mol. The SMILES string of the molecule is CC1CC(NC(=O)C2CC2)CCC1O. The Morgan fingerprint density at radius 2 is 2.00 bits per heavy atom. The van der Waals surface area contributed by atoms with Crippen LogP contribution in [0, 0.1) is 11.8 Å². The van der Waals surface area contributed by atoms with Gasteiger partial charge in [0.1, 0.15) is 0 Å². The molecule has 0 bridgehead atoms. The van der Waals surface area contributed by atoms with E-state index in [1.54, 1.807) is 0 Å². The quantitative estimate of drug-likeness (QED) is 0.695. The first-order valence-electron chi connectivity index (χ1n) is 5.65. The van der Waals surface area contributed by atoms with Crippen molar-refractivity contribution in [1.82, 2.24) is 5.32 Å². The first-order valence-corrected chi connectivity index (χ1v) is 5.65. The Labute approximate surface area is 84.9 Å². The summed E-state index contributed by atoms with van der Waals surface area (Å²) in [5.74, 6) is 0.865. The summed E-state index contributed by atoms with van der Waals surface area (Å²) in [5.41, 5.74) is 0. The predicted octanol–water partition coefficient (Wildman–Crippen LogP) is 1.06. The van der Waals surface area contributed by atoms with Crippen LogP contribution in [-0.2, 0) is 4.79 Å². The van der Waals surface area contributed by atoms with Gasteiger partial charge < -0.3 is 10.4 Å². The summed E-state index contributed by atoms with van der Waals surface area (Å²) in [6.07, 6.45) is 4.66. The van der Waals surface area contributed by atoms with Crippen LogP contribution >= 0.6 is 0 Å². The maximum atomic E-state index is 11.5. The zero-order chi connectivity index (χ0) is 10.1. The summed E-state index contributed by atoms with van der Waals surface area (Å²) >= 11 is 0. The van der Waals surface area contributed by atoms with Crippen LogP contribution in [0.5, 0.6) is 0 Å². The van der Waals surface area contributed by atoms with E-state index in [0.29, 0.717) is 17.9 Å². The number of amides is 1. The molecule has 3 heteroatoms. The van der Waals surface area contributed by atoms with Gasteiger partial charge in [0.15, 0.2) is 0 Å². The molecule has 0 heterocycles. The number of rotatable bonds is 2. The minimum Gasteiger partial charge on any atom is -0.393 e. The molecule has 1 amide bonds. The molecule has 3 atom stereocenters. The normalized spacial score (nSPS) is 38.0. The second kappa shape index (κ2) is 3.89. The lowest BCUT2D eigenvalue weighted by Crippen LogP contribution is -2.42. The Morgan fingerprint density at radius 3 is 2.57 bits per heavy atom. The van der Waals surface area contributed by atoms with Crippen molar-refractivity contribution in [2.45, 2.75) is 51.2 Å². The highest BCUT2D eigenvalue weighted by molar-refractivity contribution is 5.81. The Morgan fingerprint density at radius 1 is 1.29 bits per heavy atom. The topological polar surface area (TPSA) is 49.3 Å². The van der Waals surface area contributed by atoms with E-state index in [0.717, 1.165) is 32.1 Å². The molecule has 0 aromatic heterocycles. The molecule has 3 unspecified atom stereocenters. The van der Waals surface area contributed by atoms with E-state index in [2.05, 4.69) is 12.2 Å². The van der Waals surface area contributed by atoms with E-state index in [4.69, 9.17) is 0 Å². The Balaban J connectivity index is 1.78. The molecule has 3 nitrogen and oxygen atoms in total. The monoisotopic (exact) mass is 197 g/mol. The molecular formula is C11H19NO2. The lowest BCUT2D eigenvalue weighted by Gasteiger charge is -2.31. The molecule has 2 aliphatic carbocycles. The van der Waals surface area contributed by atoms with Gasteiger partial charge in [0, 0.05) is 12.0 Å². The lowest BCUT2D eigenvalue weighted by atomic mass is 9.84. The van der Waals surface area contributed by atoms with Crippen molar-refractivity contribution >= 4 is 5.91 Å². The highest BCUT2D eigenvalue weighted by Gasteiger charge is 2.33. The minimum absolute atomic E-state index is 0.163. The third-order valence-electron chi connectivity index (χ3n) is 3.42. The fourth-order valence-electron chi connectivity index (χ4n) is 2.18. The first kappa shape index (κ1) is 9.97. The number of hydrogen-bond donors (Lipinski definition) is 2. The summed E-state index contributed by atoms with van der Waals surface area (Å²) in [6, 6.07) is 0.307. The van der Waals surface area contributed by atoms with Crippen LogP contribution in [0.3, 0.4) is 0 Å². The smallest absolute Gasteiger partial charge is 0.223 e. The third-order valence-corrected chi connectivity index (χ3v) is 3.42. The fourth-order valence-corrected chi connectivity index (χ4v) is 2.18. The summed E-state index contributed by atoms with van der Waals surface area (Å²) in [6.45, 7) is 2.06. The summed E-state index contributed by atoms with van der Waals surface area (Å²) < 4.78 is 0. The molecule has 2 aliphatic rings. The molecule has 0 aromatic carbocycles. The standard InChI is InChI=1S/C11H19NO2/c1-7-6-9(4-5-10(7)13)12-11(14)8-2-3-8/h7-10,13H,2-6H2,1H3,(H,12,14). The van der Waals surface area contributed by atoms with Crippen LogP contribution in [0.25, 0.3) is 0 Å². The highest BCUT2D eigenvalue weighted by atomic mass is 16.3. The van der Waals surface area contributed by atoms with Crippen molar-refractivity contribution in [3.8, 4) is 0 Å². The van der Waals surface area contributed by atoms with Crippen molar-refractivity contribution in [3.63, 3.8) is 0 Å². The van der Waals surface area contributed by atoms with Gasteiger partial charge in [0.2, 0.25) is 5.91 Å². The van der Waals surface area contributed by atoms with Crippen LogP contribution in [0.1, 0.15) is 39.0 Å². The Hall–Kier alpha value is -0.570. The average molecular weight is 197 g/mol. The maximum Gasteiger partial charge on any atom is 0.223 e. The zero-order valence-corrected chi connectivity index (χ0v) is 8.70. The second-order valence-corrected chi connectivity index (χ2v) is 4.84. The minimum atomic E-state index is -0.163. The molecule has 2 N–H and O–H groups in total. The number of carbonyl (C=O) groups is 1. The van der Waals surface area contributed by atoms with Gasteiger partial charge in [-0.25, -0.2) is 0 Å². The first-order chi connectivity index (χ1) is 6.66. The average Bonchev–Trinajstić information content (AvgIpc) is 2.94. The molecule has 0 spiro atoms. The largest absolute Gasteiger partial charge is 0.393 e. The van der Waals surface area contributed by atoms with Gasteiger partial charge in [0.25, 0.3) is 0 Å². The van der Waals surface area contributed by atoms with Gasteiger partial charge in [-0.3, -0.25) is 4.79 Å². The highest BCUT2D eigenvalue weighted by Crippen LogP contribution is 2.30. The summed E-state index contributed by atoms with van der Waals surface area (Å²) in [7, 11) is 0. The van der Waals surface area contributed by atoms with Crippen LogP contribution in [0.2, 0.25) is 0 Å². The molecule has 0 radical (unpaired) electrons. The molecule has 2 rings (SSSR count). The zero-order valence-electron chi connectivity index (χ0n) is 8.70. The van der Waals surface area contributed by atoms with E-state index in [-0.39, 0.29) is 12.0 Å². The maximum absolute atomic E-state index is 11.5. The summed E-state index contributed by atoms with van der Waals surface area (Å²) in [5, 5.41) is 12.6. The lowest BCUT2D eigenvalue weighted by molar-refractivity contribution is -0.123. The van der Waals surface area contributed by atoms with Crippen LogP contribution in [0.15, 0.2) is 0 Å². The van der Waals surface area contributed by atoms with E-state index in [1.165, 1.54) is 0 Å². The second-order valence-electron chi connectivity index (χ2n) is 4.84. The van der Waals surface area contributed by atoms with E-state index in [9.17, 15) is 9.90 Å². The van der Waals surface area contributed by atoms with Gasteiger partial charge in [-0.05, 0) is 38.0 Å². The Bertz CT molecular complexity index is 225. The molecular weight excluding hydrogens is 178 g/mol. The van der Waals surface area contributed by atoms with Crippen molar-refractivity contribution < 1.29 is 9.90 Å². The van der Waals surface area contributed by atoms with Crippen molar-refractivity contribution in [1.29, 1.82) is 0 Å². The van der Waals surface area contributed by atoms with Crippen LogP contribution < -0.4 is 5.32 Å². The Kier molecular flexibility index (Phi) is 2.77. The van der Waals surface area contributed by atoms with Crippen LogP contribution in [-0.4, -0.2) is 23.2 Å². The number of aliphatic hydroxyl groups excluding tert-OH is 1. The number of aliphatic hydroxyl groups is 1. The summed E-state index contributed by atoms with van der Waals surface area (Å²) in [4.78, 5) is 11.5. The molecule has 14 heavy (non-hydrogen) atoms. The fraction of sp³-hybridized carbons (Fsp3) is 0.909. The van der Waals surface area contributed by atoms with Crippen molar-refractivity contribution in [2.24, 2.45) is 11.8 Å². The molecule has 80 valence electrons. The van der Waals surface area contributed by atoms with Crippen molar-refractivity contribution in [2.75, 3.05) is 0 Å². The third kappa shape index (κ3) is 2.27. The molecule has 0 aliphatic heterocycles. The van der Waals surface area contributed by atoms with Gasteiger partial charge in [-0.15, -0.1) is 0 Å². The van der Waals surface area contributed by atoms with Gasteiger partial charge in [0.05, 0.1) is 6.10 Å². The van der Waals surface area contributed by atoms with E-state index < -0.39 is 0 Å². The van der Waals surface area contributed by atoms with Gasteiger partial charge in [-0.2, -0.15) is 0 Å². The molecule has 2 saturated carbocycles. The van der Waals surface area contributed by atoms with E-state index >= 15 is 0 Å².